The van der Waals surface area contributed by atoms with E-state index in [1.165, 1.54) is 6.26 Å². The van der Waals surface area contributed by atoms with Crippen LogP contribution in [0.4, 0.5) is 5.69 Å². The number of hydrogen-bond acceptors (Lipinski definition) is 4. The molecule has 0 bridgehead atoms. The first-order valence-electron chi connectivity index (χ1n) is 4.50. The molecule has 1 N–H and O–H groups in total. The first-order chi connectivity index (χ1) is 6.99. The van der Waals surface area contributed by atoms with Crippen LogP contribution < -0.4 is 5.32 Å². The van der Waals surface area contributed by atoms with Crippen molar-refractivity contribution in [1.82, 2.24) is 4.98 Å². The third-order valence-corrected chi connectivity index (χ3v) is 3.11. The summed E-state index contributed by atoms with van der Waals surface area (Å²) in [5, 5.41) is 3.59. The van der Waals surface area contributed by atoms with Crippen molar-refractivity contribution < 1.29 is 8.42 Å². The summed E-state index contributed by atoms with van der Waals surface area (Å²) in [7, 11) is -2.87. The molecule has 0 aliphatic heterocycles. The van der Waals surface area contributed by atoms with Crippen LogP contribution in [-0.2, 0) is 9.84 Å². The van der Waals surface area contributed by atoms with E-state index in [2.05, 4.69) is 10.3 Å². The van der Waals surface area contributed by atoms with E-state index in [1.54, 1.807) is 18.5 Å². The second-order valence-corrected chi connectivity index (χ2v) is 5.93. The maximum Gasteiger partial charge on any atom is 0.147 e. The van der Waals surface area contributed by atoms with Crippen LogP contribution in [0.2, 0.25) is 5.02 Å². The van der Waals surface area contributed by atoms with Crippen LogP contribution in [0.15, 0.2) is 18.5 Å². The van der Waals surface area contributed by atoms with Gasteiger partial charge in [-0.2, -0.15) is 0 Å². The van der Waals surface area contributed by atoms with E-state index in [0.717, 1.165) is 5.69 Å². The van der Waals surface area contributed by atoms with Gasteiger partial charge in [0.1, 0.15) is 9.84 Å². The molecule has 1 aromatic rings. The number of halogens is 1. The summed E-state index contributed by atoms with van der Waals surface area (Å²) >= 11 is 5.85. The Kier molecular flexibility index (Phi) is 4.35. The van der Waals surface area contributed by atoms with Crippen molar-refractivity contribution in [3.63, 3.8) is 0 Å². The van der Waals surface area contributed by atoms with Crippen molar-refractivity contribution >= 4 is 27.1 Å². The molecule has 0 unspecified atom stereocenters. The molecule has 1 rings (SSSR count). The Hall–Kier alpha value is -0.810. The summed E-state index contributed by atoms with van der Waals surface area (Å²) in [5.74, 6) is 0.183. The predicted molar refractivity (Wildman–Crippen MR) is 62.1 cm³/mol. The minimum atomic E-state index is -2.87. The highest BCUT2D eigenvalue weighted by molar-refractivity contribution is 7.90. The third kappa shape index (κ3) is 4.99. The molecular formula is C9H13ClN2O2S. The maximum absolute atomic E-state index is 10.8. The molecule has 6 heteroatoms. The first kappa shape index (κ1) is 12.3. The van der Waals surface area contributed by atoms with Crippen LogP contribution in [0.3, 0.4) is 0 Å². The van der Waals surface area contributed by atoms with Gasteiger partial charge >= 0.3 is 0 Å². The van der Waals surface area contributed by atoms with E-state index in [0.29, 0.717) is 18.0 Å². The van der Waals surface area contributed by atoms with Gasteiger partial charge in [0, 0.05) is 25.2 Å². The monoisotopic (exact) mass is 248 g/mol. The summed E-state index contributed by atoms with van der Waals surface area (Å²) in [5.41, 5.74) is 0.778. The number of nitrogens with one attached hydrogen (secondary N) is 1. The van der Waals surface area contributed by atoms with Gasteiger partial charge in [-0.3, -0.25) is 4.98 Å². The van der Waals surface area contributed by atoms with Gasteiger partial charge in [-0.25, -0.2) is 8.42 Å². The maximum atomic E-state index is 10.8. The van der Waals surface area contributed by atoms with Crippen LogP contribution in [0, 0.1) is 0 Å². The van der Waals surface area contributed by atoms with Gasteiger partial charge in [-0.15, -0.1) is 0 Å². The van der Waals surface area contributed by atoms with Crippen LogP contribution >= 0.6 is 11.6 Å². The summed E-state index contributed by atoms with van der Waals surface area (Å²) in [6.45, 7) is 0.580. The molecule has 0 spiro atoms. The highest BCUT2D eigenvalue weighted by Crippen LogP contribution is 2.18. The molecule has 1 aromatic heterocycles. The minimum Gasteiger partial charge on any atom is -0.384 e. The summed E-state index contributed by atoms with van der Waals surface area (Å²) in [6.07, 6.45) is 4.97. The van der Waals surface area contributed by atoms with Crippen molar-refractivity contribution in [2.75, 3.05) is 23.9 Å². The zero-order valence-electron chi connectivity index (χ0n) is 8.40. The molecule has 84 valence electrons. The van der Waals surface area contributed by atoms with Crippen molar-refractivity contribution in [2.24, 2.45) is 0 Å². The summed E-state index contributed by atoms with van der Waals surface area (Å²) in [6, 6.07) is 1.75. The number of rotatable bonds is 5. The lowest BCUT2D eigenvalue weighted by Crippen LogP contribution is -2.09. The Bertz CT molecular complexity index is 420. The quantitative estimate of drug-likeness (QED) is 0.804. The van der Waals surface area contributed by atoms with Crippen molar-refractivity contribution in [3.8, 4) is 0 Å². The largest absolute Gasteiger partial charge is 0.384 e. The number of nitrogens with zero attached hydrogens (tertiary/aromatic N) is 1. The zero-order valence-corrected chi connectivity index (χ0v) is 9.98. The van der Waals surface area contributed by atoms with Gasteiger partial charge in [0.25, 0.3) is 0 Å². The van der Waals surface area contributed by atoms with Crippen molar-refractivity contribution in [3.05, 3.63) is 23.5 Å². The van der Waals surface area contributed by atoms with Gasteiger partial charge in [0.2, 0.25) is 0 Å². The number of anilines is 1. The van der Waals surface area contributed by atoms with Crippen molar-refractivity contribution in [1.29, 1.82) is 0 Å². The molecule has 0 aromatic carbocycles. The second-order valence-electron chi connectivity index (χ2n) is 3.27. The standard InChI is InChI=1S/C9H13ClN2O2S/c1-15(13,14)6-2-4-12-9-3-5-11-7-8(9)10/h3,5,7H,2,4,6H2,1H3,(H,11,12). The van der Waals surface area contributed by atoms with Crippen LogP contribution in [0.1, 0.15) is 6.42 Å². The fraction of sp³-hybridized carbons (Fsp3) is 0.444. The van der Waals surface area contributed by atoms with Gasteiger partial charge in [-0.05, 0) is 12.5 Å². The van der Waals surface area contributed by atoms with Gasteiger partial charge in [0.15, 0.2) is 0 Å². The molecule has 0 radical (unpaired) electrons. The van der Waals surface area contributed by atoms with E-state index in [4.69, 9.17) is 11.6 Å². The van der Waals surface area contributed by atoms with E-state index in [9.17, 15) is 8.42 Å². The van der Waals surface area contributed by atoms with Crippen molar-refractivity contribution in [2.45, 2.75) is 6.42 Å². The van der Waals surface area contributed by atoms with E-state index in [-0.39, 0.29) is 5.75 Å². The van der Waals surface area contributed by atoms with Crippen LogP contribution in [-0.4, -0.2) is 32.0 Å². The van der Waals surface area contributed by atoms with Gasteiger partial charge in [-0.1, -0.05) is 11.6 Å². The number of sulfone groups is 1. The second kappa shape index (κ2) is 5.32. The molecule has 0 saturated carbocycles. The fourth-order valence-corrected chi connectivity index (χ4v) is 1.93. The Morgan fingerprint density at radius 2 is 2.27 bits per heavy atom. The van der Waals surface area contributed by atoms with E-state index in [1.807, 2.05) is 0 Å². The van der Waals surface area contributed by atoms with E-state index < -0.39 is 9.84 Å². The molecule has 0 saturated heterocycles. The van der Waals surface area contributed by atoms with Gasteiger partial charge in [0.05, 0.1) is 16.5 Å². The molecule has 0 atom stereocenters. The molecule has 0 aliphatic carbocycles. The lowest BCUT2D eigenvalue weighted by atomic mass is 10.4. The fourth-order valence-electron chi connectivity index (χ4n) is 1.08. The molecule has 15 heavy (non-hydrogen) atoms. The van der Waals surface area contributed by atoms with Crippen LogP contribution in [0.5, 0.6) is 0 Å². The lowest BCUT2D eigenvalue weighted by molar-refractivity contribution is 0.600. The molecule has 0 fully saturated rings. The smallest absolute Gasteiger partial charge is 0.147 e. The predicted octanol–water partition coefficient (Wildman–Crippen LogP) is 1.58. The summed E-state index contributed by atoms with van der Waals surface area (Å²) in [4.78, 5) is 3.84. The molecule has 0 aliphatic rings. The molecule has 1 heterocycles. The Balaban J connectivity index is 2.36. The first-order valence-corrected chi connectivity index (χ1v) is 6.94. The minimum absolute atomic E-state index is 0.183. The number of pyridine rings is 1. The SMILES string of the molecule is CS(=O)(=O)CCCNc1ccncc1Cl. The number of aromatic nitrogens is 1. The average molecular weight is 249 g/mol. The van der Waals surface area contributed by atoms with Gasteiger partial charge < -0.3 is 5.32 Å². The Labute approximate surface area is 94.6 Å². The highest BCUT2D eigenvalue weighted by Gasteiger charge is 2.02. The number of hydrogen-bond donors (Lipinski definition) is 1. The Morgan fingerprint density at radius 3 is 2.87 bits per heavy atom. The highest BCUT2D eigenvalue weighted by atomic mass is 35.5. The molecule has 4 nitrogen and oxygen atoms in total. The van der Waals surface area contributed by atoms with Crippen LogP contribution in [0.25, 0.3) is 0 Å². The molecule has 0 amide bonds. The zero-order chi connectivity index (χ0) is 11.3. The topological polar surface area (TPSA) is 59.1 Å². The molecular weight excluding hydrogens is 236 g/mol. The normalized spacial score (nSPS) is 11.3. The Morgan fingerprint density at radius 1 is 1.53 bits per heavy atom. The third-order valence-electron chi connectivity index (χ3n) is 1.78. The van der Waals surface area contributed by atoms with E-state index >= 15 is 0 Å². The summed E-state index contributed by atoms with van der Waals surface area (Å²) < 4.78 is 21.7. The average Bonchev–Trinajstić information content (AvgIpc) is 2.13. The lowest BCUT2D eigenvalue weighted by Gasteiger charge is -2.06.